The molecule has 0 bridgehead atoms. The van der Waals surface area contributed by atoms with Gasteiger partial charge < -0.3 is 20.9 Å². The number of ether oxygens (including phenoxy) is 1. The molecule has 2 heterocycles. The van der Waals surface area contributed by atoms with E-state index < -0.39 is 5.97 Å². The van der Waals surface area contributed by atoms with E-state index in [1.807, 2.05) is 18.2 Å². The molecule has 1 aliphatic carbocycles. The molecule has 42 heavy (non-hydrogen) atoms. The predicted octanol–water partition coefficient (Wildman–Crippen LogP) is 5.71. The van der Waals surface area contributed by atoms with Crippen molar-refractivity contribution in [1.82, 2.24) is 20.0 Å². The highest BCUT2D eigenvalue weighted by Gasteiger charge is 2.45. The first-order chi connectivity index (χ1) is 20.5. The number of allylic oxidation sites excluding steroid dienone is 1. The fraction of sp³-hybridized carbons (Fsp3) is 0.294. The number of hydrogen-bond donors (Lipinski definition) is 3. The van der Waals surface area contributed by atoms with Crippen LogP contribution in [0, 0.1) is 5.92 Å². The zero-order chi connectivity index (χ0) is 29.2. The van der Waals surface area contributed by atoms with Gasteiger partial charge in [0, 0.05) is 55.5 Å². The smallest absolute Gasteiger partial charge is 0.339 e. The fourth-order valence-electron chi connectivity index (χ4n) is 6.31. The molecule has 216 valence electrons. The Bertz CT molecular complexity index is 1630. The Labute approximate surface area is 246 Å². The van der Waals surface area contributed by atoms with Crippen molar-refractivity contribution in [3.05, 3.63) is 113 Å². The molecule has 8 nitrogen and oxygen atoms in total. The molecule has 0 radical (unpaired) electrons. The first-order valence-electron chi connectivity index (χ1n) is 14.6. The number of nitrogens with zero attached hydrogens (tertiary/aromatic N) is 3. The van der Waals surface area contributed by atoms with Crippen molar-refractivity contribution < 1.29 is 14.6 Å². The summed E-state index contributed by atoms with van der Waals surface area (Å²) in [4.78, 5) is 14.6. The molecule has 8 heteroatoms. The van der Waals surface area contributed by atoms with Gasteiger partial charge in [0.1, 0.15) is 17.9 Å². The monoisotopic (exact) mass is 563 g/mol. The number of nitrogens with two attached hydrogens (primary N) is 1. The van der Waals surface area contributed by atoms with E-state index in [0.717, 1.165) is 54.2 Å². The van der Waals surface area contributed by atoms with Crippen LogP contribution in [0.5, 0.6) is 5.75 Å². The summed E-state index contributed by atoms with van der Waals surface area (Å²) in [6.07, 6.45) is 5.03. The standard InChI is InChI=1S/C34H37N5O3/c1-3-31-26-12-4-5-13-32(26)42-15-14-38(31)21-22-8-6-9-23(16-22)24-10-7-11-25(17-24)39-33(29(19-37-39)34(40)41)28-18-27(28)30(35)20-36-2/h4-13,16-17,19-20,27-28,31,36H,3,14-15,18,21,35H2,1-2H3,(H,40,41)/b30-20-/t27?,28-,31?/m1/s1. The van der Waals surface area contributed by atoms with Crippen LogP contribution >= 0.6 is 0 Å². The summed E-state index contributed by atoms with van der Waals surface area (Å²) in [6.45, 7) is 4.57. The number of aromatic nitrogens is 2. The van der Waals surface area contributed by atoms with Crippen molar-refractivity contribution in [3.63, 3.8) is 0 Å². The summed E-state index contributed by atoms with van der Waals surface area (Å²) in [5.41, 5.74) is 13.3. The van der Waals surface area contributed by atoms with Crippen molar-refractivity contribution in [1.29, 1.82) is 0 Å². The van der Waals surface area contributed by atoms with Crippen LogP contribution in [0.4, 0.5) is 0 Å². The summed E-state index contributed by atoms with van der Waals surface area (Å²) in [5, 5.41) is 17.4. The number of para-hydroxylation sites is 1. The summed E-state index contributed by atoms with van der Waals surface area (Å²) in [6, 6.07) is 25.4. The zero-order valence-electron chi connectivity index (χ0n) is 24.0. The third-order valence-electron chi connectivity index (χ3n) is 8.40. The Kier molecular flexibility index (Phi) is 7.71. The molecular formula is C34H37N5O3. The SMILES string of the molecule is CCC1c2ccccc2OCCN1Cc1cccc(-c2cccc(-n3ncc(C(=O)O)c3[C@@H]3CC3/C(N)=C/NC)c2)c1. The highest BCUT2D eigenvalue weighted by molar-refractivity contribution is 5.89. The summed E-state index contributed by atoms with van der Waals surface area (Å²) in [5.74, 6) is 0.104. The van der Waals surface area contributed by atoms with Gasteiger partial charge in [0.05, 0.1) is 17.6 Å². The lowest BCUT2D eigenvalue weighted by Gasteiger charge is -2.29. The second-order valence-corrected chi connectivity index (χ2v) is 11.1. The van der Waals surface area contributed by atoms with Crippen molar-refractivity contribution >= 4 is 5.97 Å². The molecule has 4 aromatic rings. The minimum atomic E-state index is -0.978. The number of nitrogens with one attached hydrogen (secondary N) is 1. The Balaban J connectivity index is 1.28. The van der Waals surface area contributed by atoms with Gasteiger partial charge in [-0.3, -0.25) is 4.90 Å². The lowest BCUT2D eigenvalue weighted by Crippen LogP contribution is -2.29. The van der Waals surface area contributed by atoms with Gasteiger partial charge in [-0.05, 0) is 53.8 Å². The minimum Gasteiger partial charge on any atom is -0.492 e. The molecule has 2 aliphatic rings. The number of rotatable bonds is 9. The van der Waals surface area contributed by atoms with Crippen LogP contribution in [0.3, 0.4) is 0 Å². The van der Waals surface area contributed by atoms with Crippen molar-refractivity contribution in [2.24, 2.45) is 11.7 Å². The number of aromatic carboxylic acids is 1. The molecule has 1 aromatic heterocycles. The van der Waals surface area contributed by atoms with E-state index in [2.05, 4.69) is 76.8 Å². The molecule has 3 aromatic carbocycles. The Morgan fingerprint density at radius 3 is 2.69 bits per heavy atom. The topological polar surface area (TPSA) is 106 Å². The maximum absolute atomic E-state index is 12.1. The number of benzene rings is 3. The number of carboxylic acids is 1. The molecule has 6 rings (SSSR count). The van der Waals surface area contributed by atoms with Gasteiger partial charge in [-0.2, -0.15) is 5.10 Å². The molecule has 1 saturated carbocycles. The summed E-state index contributed by atoms with van der Waals surface area (Å²) >= 11 is 0. The van der Waals surface area contributed by atoms with Crippen LogP contribution in [0.25, 0.3) is 16.8 Å². The van der Waals surface area contributed by atoms with Crippen LogP contribution in [0.1, 0.15) is 58.9 Å². The van der Waals surface area contributed by atoms with Crippen LogP contribution < -0.4 is 15.8 Å². The molecule has 0 amide bonds. The van der Waals surface area contributed by atoms with Gasteiger partial charge in [0.15, 0.2) is 0 Å². The first-order valence-corrected chi connectivity index (χ1v) is 14.6. The van der Waals surface area contributed by atoms with Crippen LogP contribution in [-0.4, -0.2) is 46.0 Å². The third-order valence-corrected chi connectivity index (χ3v) is 8.40. The number of carboxylic acid groups (broad SMARTS) is 1. The van der Waals surface area contributed by atoms with E-state index in [4.69, 9.17) is 10.5 Å². The van der Waals surface area contributed by atoms with Gasteiger partial charge in [0.25, 0.3) is 0 Å². The van der Waals surface area contributed by atoms with E-state index in [9.17, 15) is 9.90 Å². The largest absolute Gasteiger partial charge is 0.492 e. The fourth-order valence-corrected chi connectivity index (χ4v) is 6.31. The average molecular weight is 564 g/mol. The van der Waals surface area contributed by atoms with Gasteiger partial charge in [0.2, 0.25) is 0 Å². The predicted molar refractivity (Wildman–Crippen MR) is 164 cm³/mol. The van der Waals surface area contributed by atoms with E-state index in [1.54, 1.807) is 17.9 Å². The van der Waals surface area contributed by atoms with Crippen molar-refractivity contribution in [2.45, 2.75) is 38.3 Å². The third kappa shape index (κ3) is 5.37. The number of hydrogen-bond acceptors (Lipinski definition) is 6. The Morgan fingerprint density at radius 1 is 1.12 bits per heavy atom. The van der Waals surface area contributed by atoms with Crippen LogP contribution in [-0.2, 0) is 6.54 Å². The van der Waals surface area contributed by atoms with E-state index >= 15 is 0 Å². The summed E-state index contributed by atoms with van der Waals surface area (Å²) < 4.78 is 7.85. The van der Waals surface area contributed by atoms with Crippen LogP contribution in [0.15, 0.2) is 90.9 Å². The number of fused-ring (bicyclic) bond motifs is 1. The van der Waals surface area contributed by atoms with Crippen LogP contribution in [0.2, 0.25) is 0 Å². The molecular weight excluding hydrogens is 526 g/mol. The molecule has 1 aliphatic heterocycles. The van der Waals surface area contributed by atoms with E-state index in [0.29, 0.717) is 18.3 Å². The lowest BCUT2D eigenvalue weighted by molar-refractivity contribution is 0.0695. The molecule has 0 saturated heterocycles. The number of carbonyl (C=O) groups is 1. The van der Waals surface area contributed by atoms with E-state index in [1.165, 1.54) is 17.3 Å². The summed E-state index contributed by atoms with van der Waals surface area (Å²) in [7, 11) is 1.81. The van der Waals surface area contributed by atoms with Gasteiger partial charge in [-0.25, -0.2) is 9.48 Å². The van der Waals surface area contributed by atoms with Crippen molar-refractivity contribution in [3.8, 4) is 22.6 Å². The highest BCUT2D eigenvalue weighted by atomic mass is 16.5. The molecule has 0 spiro atoms. The van der Waals surface area contributed by atoms with Gasteiger partial charge in [-0.1, -0.05) is 55.5 Å². The quantitative estimate of drug-likeness (QED) is 0.240. The maximum Gasteiger partial charge on any atom is 0.339 e. The second-order valence-electron chi connectivity index (χ2n) is 11.1. The minimum absolute atomic E-state index is 0.00410. The van der Waals surface area contributed by atoms with Gasteiger partial charge in [-0.15, -0.1) is 0 Å². The first kappa shape index (κ1) is 27.6. The molecule has 2 unspecified atom stereocenters. The van der Waals surface area contributed by atoms with Crippen molar-refractivity contribution in [2.75, 3.05) is 20.2 Å². The molecule has 4 N–H and O–H groups in total. The normalized spacial score (nSPS) is 20.3. The Morgan fingerprint density at radius 2 is 1.90 bits per heavy atom. The molecule has 3 atom stereocenters. The maximum atomic E-state index is 12.1. The second kappa shape index (κ2) is 11.7. The lowest BCUT2D eigenvalue weighted by atomic mass is 9.99. The molecule has 1 fully saturated rings. The highest BCUT2D eigenvalue weighted by Crippen LogP contribution is 2.51. The van der Waals surface area contributed by atoms with E-state index in [-0.39, 0.29) is 17.4 Å². The Hall–Kier alpha value is -4.56. The average Bonchev–Trinajstić information content (AvgIpc) is 3.71. The zero-order valence-corrected chi connectivity index (χ0v) is 24.0. The van der Waals surface area contributed by atoms with Gasteiger partial charge >= 0.3 is 5.97 Å².